The smallest absolute Gasteiger partial charge is 0.354 e. The van der Waals surface area contributed by atoms with Gasteiger partial charge in [0.05, 0.1) is 47.8 Å². The van der Waals surface area contributed by atoms with Crippen LogP contribution in [0.25, 0.3) is 110 Å². The van der Waals surface area contributed by atoms with Crippen molar-refractivity contribution in [2.45, 2.75) is 117 Å². The van der Waals surface area contributed by atoms with E-state index in [0.29, 0.717) is 117 Å². The first kappa shape index (κ1) is 98.6. The van der Waals surface area contributed by atoms with E-state index in [2.05, 4.69) is 40.0 Å². The Hall–Kier alpha value is -13.9. The van der Waals surface area contributed by atoms with E-state index < -0.39 is 24.3 Å². The molecule has 708 valence electrons. The number of hydrogen-bond acceptors (Lipinski definition) is 17. The molecular formula is C109H98F11N11O7. The van der Waals surface area contributed by atoms with E-state index in [9.17, 15) is 77.1 Å². The fourth-order valence-electron chi connectivity index (χ4n) is 17.5. The molecule has 1 unspecified atom stereocenters. The van der Waals surface area contributed by atoms with Gasteiger partial charge < -0.3 is 10.2 Å². The van der Waals surface area contributed by atoms with Crippen molar-refractivity contribution in [2.75, 3.05) is 66.5 Å². The second kappa shape index (κ2) is 43.2. The molecule has 0 aliphatic carbocycles. The third kappa shape index (κ3) is 24.7. The number of aromatic nitrogens is 5. The summed E-state index contributed by atoms with van der Waals surface area (Å²) >= 11 is 0. The summed E-state index contributed by atoms with van der Waals surface area (Å²) in [5.41, 5.74) is 17.8. The number of ketones is 5. The van der Waals surface area contributed by atoms with Gasteiger partial charge in [-0.2, -0.15) is 18.2 Å². The van der Waals surface area contributed by atoms with Crippen LogP contribution < -0.4 is 5.32 Å². The van der Waals surface area contributed by atoms with E-state index in [0.717, 1.165) is 129 Å². The maximum atomic E-state index is 13.4. The number of fused-ring (bicyclic) bond motifs is 5. The summed E-state index contributed by atoms with van der Waals surface area (Å²) in [5.74, 6) is -4.94. The van der Waals surface area contributed by atoms with Crippen LogP contribution in [0.4, 0.5) is 48.3 Å². The van der Waals surface area contributed by atoms with Gasteiger partial charge in [0, 0.05) is 140 Å². The summed E-state index contributed by atoms with van der Waals surface area (Å²) in [4.78, 5) is 106. The van der Waals surface area contributed by atoms with Crippen molar-refractivity contribution in [3.8, 4) is 55.6 Å². The Morgan fingerprint density at radius 3 is 1.01 bits per heavy atom. The summed E-state index contributed by atoms with van der Waals surface area (Å²) in [7, 11) is 3.45. The fraction of sp³-hybridized carbons (Fsp3) is 0.257. The van der Waals surface area contributed by atoms with Crippen molar-refractivity contribution in [2.24, 2.45) is 0 Å². The molecule has 4 aliphatic rings. The molecule has 1 N–H and O–H groups in total. The molecule has 4 aliphatic heterocycles. The number of pyridine rings is 5. The number of carbonyl (C=O) groups is 6. The van der Waals surface area contributed by atoms with Crippen molar-refractivity contribution in [3.05, 3.63) is 328 Å². The zero-order valence-electron chi connectivity index (χ0n) is 76.8. The van der Waals surface area contributed by atoms with Gasteiger partial charge >= 0.3 is 6.18 Å². The molecule has 9 heterocycles. The number of halogens is 11. The number of nitrogens with zero attached hydrogens (tertiary/aromatic N) is 10. The lowest BCUT2D eigenvalue weighted by Crippen LogP contribution is -2.47. The molecule has 1 amide bonds. The number of amides is 1. The summed E-state index contributed by atoms with van der Waals surface area (Å²) in [5, 5.41) is 8.82. The van der Waals surface area contributed by atoms with Gasteiger partial charge in [0.15, 0.2) is 28.9 Å². The van der Waals surface area contributed by atoms with Crippen LogP contribution in [0.2, 0.25) is 0 Å². The standard InChI is InChI=1S/C23H20F4N2O.C22H19F3N2O.C22H20F2N2O.C22H20FN3O2.C20H19FN2O2/c1-14(30)20-12-19(16-5-7-17(24)8-6-16)18-9-4-15(11-21(18)28-20)13-29-10-2-3-22(29)23(25,26)27;1-14(28)20-11-19(16-3-5-17(23)6-4-16)18-7-2-15(10-21(18)26-20)12-27-9-8-22(24,25)13-27;1-14(27)21-11-20(16-3-5-17(23)6-4-16)19-7-2-15(10-22(19)25-21)12-26-9-8-18(24)13-26;1-14(27)20-11-19(16-3-5-17(23)6-4-16)18-7-2-15(10-21(18)25-20)12-26-9-8-24-22(28)13-26;1-13(24)19-11-18(15-5-7-16(21)8-6-15)17-9-4-14(10-20(17)22-19)12-23(2)25-3/h4-9,11-12,22H,2-3,10,13H2,1H3;2-7,10-11H,8-9,12-13H2,1H3;2-7,10-11,18H,8-9,12-13H2,1H3;2-7,10-11H,8-9,12-13H2,1H3,(H,24,28);4-11H,12H2,1-3H3/t;;18-;;/m..1../s1. The van der Waals surface area contributed by atoms with Crippen LogP contribution in [0.5, 0.6) is 0 Å². The quantitative estimate of drug-likeness (QED) is 0.0403. The number of likely N-dealkylation sites (tertiary alicyclic amines) is 3. The Balaban J connectivity index is 0.000000131. The second-order valence-corrected chi connectivity index (χ2v) is 35.0. The molecule has 0 saturated carbocycles. The van der Waals surface area contributed by atoms with Crippen LogP contribution >= 0.6 is 0 Å². The first-order valence-corrected chi connectivity index (χ1v) is 45.0. The Labute approximate surface area is 789 Å². The summed E-state index contributed by atoms with van der Waals surface area (Å²) in [6.07, 6.45) is -3.92. The summed E-state index contributed by atoms with van der Waals surface area (Å²) in [6, 6.07) is 66.7. The second-order valence-electron chi connectivity index (χ2n) is 35.0. The predicted octanol–water partition coefficient (Wildman–Crippen LogP) is 23.1. The van der Waals surface area contributed by atoms with Crippen LogP contribution in [-0.4, -0.2) is 175 Å². The van der Waals surface area contributed by atoms with E-state index in [4.69, 9.17) is 4.84 Å². The minimum absolute atomic E-state index is 0.0302. The third-order valence-corrected chi connectivity index (χ3v) is 24.6. The van der Waals surface area contributed by atoms with Gasteiger partial charge in [-0.15, -0.1) is 0 Å². The molecule has 19 rings (SSSR count). The fourth-order valence-corrected chi connectivity index (χ4v) is 17.5. The average molecular weight is 1880 g/mol. The van der Waals surface area contributed by atoms with Crippen LogP contribution in [0.15, 0.2) is 243 Å². The predicted molar refractivity (Wildman–Crippen MR) is 512 cm³/mol. The molecule has 138 heavy (non-hydrogen) atoms. The number of alkyl halides is 6. The van der Waals surface area contributed by atoms with Crippen molar-refractivity contribution >= 4 is 89.3 Å². The molecule has 0 radical (unpaired) electrons. The molecule has 0 spiro atoms. The number of carbonyl (C=O) groups excluding carboxylic acids is 6. The van der Waals surface area contributed by atoms with Crippen molar-refractivity contribution in [1.29, 1.82) is 0 Å². The molecule has 10 aromatic carbocycles. The highest BCUT2D eigenvalue weighted by Crippen LogP contribution is 2.40. The molecule has 4 fully saturated rings. The normalized spacial score (nSPS) is 15.7. The molecule has 29 heteroatoms. The van der Waals surface area contributed by atoms with Gasteiger partial charge in [-0.3, -0.25) is 48.4 Å². The van der Waals surface area contributed by atoms with E-state index in [1.54, 1.807) is 126 Å². The molecule has 0 bridgehead atoms. The van der Waals surface area contributed by atoms with Crippen molar-refractivity contribution in [3.63, 3.8) is 0 Å². The lowest BCUT2D eigenvalue weighted by atomic mass is 9.98. The van der Waals surface area contributed by atoms with E-state index in [1.165, 1.54) is 100 Å². The van der Waals surface area contributed by atoms with Crippen molar-refractivity contribution < 1.29 is 81.9 Å². The molecule has 18 nitrogen and oxygen atoms in total. The summed E-state index contributed by atoms with van der Waals surface area (Å²) < 4.78 is 147. The number of nitrogens with one attached hydrogen (secondary N) is 1. The van der Waals surface area contributed by atoms with Gasteiger partial charge in [0.2, 0.25) is 5.91 Å². The maximum absolute atomic E-state index is 13.4. The highest BCUT2D eigenvalue weighted by Gasteiger charge is 2.46. The zero-order valence-corrected chi connectivity index (χ0v) is 76.8. The Morgan fingerprint density at radius 1 is 0.406 bits per heavy atom. The number of rotatable bonds is 21. The van der Waals surface area contributed by atoms with E-state index >= 15 is 0 Å². The highest BCUT2D eigenvalue weighted by atomic mass is 19.4. The maximum Gasteiger partial charge on any atom is 0.404 e. The largest absolute Gasteiger partial charge is 0.404 e. The Morgan fingerprint density at radius 2 is 0.717 bits per heavy atom. The van der Waals surface area contributed by atoms with E-state index in [1.807, 2.05) is 79.8 Å². The topological polar surface area (TPSA) is 204 Å². The number of hydrogen-bond donors (Lipinski definition) is 1. The molecule has 2 atom stereocenters. The first-order valence-electron chi connectivity index (χ1n) is 45.0. The number of Topliss-reactive ketones (excluding diaryl/α,β-unsaturated/α-hetero) is 5. The number of piperazine rings is 1. The lowest BCUT2D eigenvalue weighted by Gasteiger charge is -2.26. The number of benzene rings is 10. The van der Waals surface area contributed by atoms with Gasteiger partial charge in [0.1, 0.15) is 69.8 Å². The first-order chi connectivity index (χ1) is 66.0. The SMILES string of the molecule is CC(=O)c1cc(-c2ccc(F)cc2)c2ccc(CN3CCC(F)(F)C3)cc2n1.CC(=O)c1cc(-c2ccc(F)cc2)c2ccc(CN3CCCC3C(F)(F)F)cc2n1.CC(=O)c1cc(-c2ccc(F)cc2)c2ccc(CN3CCNC(=O)C3)cc2n1.CC(=O)c1cc(-c2ccc(F)cc2)c2ccc(CN3CC[C@@H](F)C3)cc2n1.CON(C)Cc1ccc2c(-c3ccc(F)cc3)cc(C(C)=O)nc2c1. The minimum Gasteiger partial charge on any atom is -0.354 e. The average Bonchev–Trinajstić information content (AvgIpc) is 1.04. The van der Waals surface area contributed by atoms with E-state index in [-0.39, 0.29) is 95.5 Å². The van der Waals surface area contributed by atoms with Crippen LogP contribution in [0.1, 0.15) is 141 Å². The minimum atomic E-state index is -4.25. The molecular weight excluding hydrogens is 1780 g/mol. The van der Waals surface area contributed by atoms with Crippen molar-refractivity contribution in [1.82, 2.24) is 54.9 Å². The Bertz CT molecular complexity index is 7080. The monoisotopic (exact) mass is 1880 g/mol. The van der Waals surface area contributed by atoms with Crippen LogP contribution in [0.3, 0.4) is 0 Å². The highest BCUT2D eigenvalue weighted by molar-refractivity contribution is 6.06. The molecule has 5 aromatic heterocycles. The van der Waals surface area contributed by atoms with Gasteiger partial charge in [-0.25, -0.2) is 60.0 Å². The van der Waals surface area contributed by atoms with Crippen LogP contribution in [-0.2, 0) is 42.4 Å². The van der Waals surface area contributed by atoms with Gasteiger partial charge in [0.25, 0.3) is 5.92 Å². The third-order valence-electron chi connectivity index (χ3n) is 24.6. The number of hydroxylamine groups is 2. The molecule has 4 saturated heterocycles. The molecule has 15 aromatic rings. The van der Waals surface area contributed by atoms with Gasteiger partial charge in [-0.05, 0) is 231 Å². The Kier molecular flexibility index (Phi) is 30.8. The van der Waals surface area contributed by atoms with Crippen LogP contribution in [0, 0.1) is 29.1 Å². The lowest BCUT2D eigenvalue weighted by molar-refractivity contribution is -0.177. The zero-order chi connectivity index (χ0) is 98.0. The summed E-state index contributed by atoms with van der Waals surface area (Å²) in [6.45, 7) is 13.3. The van der Waals surface area contributed by atoms with Gasteiger partial charge in [-0.1, -0.05) is 121 Å².